The van der Waals surface area contributed by atoms with Crippen LogP contribution in [0.15, 0.2) is 0 Å². The highest BCUT2D eigenvalue weighted by molar-refractivity contribution is 5.88. The monoisotopic (exact) mass is 283 g/mol. The summed E-state index contributed by atoms with van der Waals surface area (Å²) in [5.41, 5.74) is -0.556. The minimum Gasteiger partial charge on any atom is -0.350 e. The number of rotatable bonds is 5. The van der Waals surface area contributed by atoms with Crippen LogP contribution in [0.2, 0.25) is 0 Å². The molecule has 116 valence electrons. The number of piperidine rings is 1. The maximum absolute atomic E-state index is 12.5. The van der Waals surface area contributed by atoms with Gasteiger partial charge >= 0.3 is 0 Å². The smallest absolute Gasteiger partial charge is 0.239 e. The van der Waals surface area contributed by atoms with Crippen molar-refractivity contribution in [1.29, 1.82) is 0 Å². The van der Waals surface area contributed by atoms with Crippen LogP contribution in [0.1, 0.15) is 53.4 Å². The van der Waals surface area contributed by atoms with Crippen LogP contribution in [-0.4, -0.2) is 37.0 Å². The lowest BCUT2D eigenvalue weighted by Gasteiger charge is -2.36. The van der Waals surface area contributed by atoms with Crippen molar-refractivity contribution in [3.63, 3.8) is 0 Å². The van der Waals surface area contributed by atoms with Crippen LogP contribution >= 0.6 is 0 Å². The first kappa shape index (κ1) is 17.0. The molecule has 0 radical (unpaired) electrons. The Balaban J connectivity index is 2.52. The average molecular weight is 283 g/mol. The Bertz CT molecular complexity index is 336. The van der Waals surface area contributed by atoms with Gasteiger partial charge in [-0.15, -0.1) is 0 Å². The van der Waals surface area contributed by atoms with Crippen LogP contribution in [0.5, 0.6) is 0 Å². The zero-order valence-corrected chi connectivity index (χ0v) is 13.3. The first-order valence-corrected chi connectivity index (χ1v) is 7.59. The maximum Gasteiger partial charge on any atom is 0.239 e. The highest BCUT2D eigenvalue weighted by Crippen LogP contribution is 2.34. The highest BCUT2D eigenvalue weighted by atomic mass is 16.2. The molecular weight excluding hydrogens is 254 g/mol. The summed E-state index contributed by atoms with van der Waals surface area (Å²) in [6, 6.07) is 0. The molecular formula is C15H29N3O2. The van der Waals surface area contributed by atoms with Crippen LogP contribution in [0.3, 0.4) is 0 Å². The third kappa shape index (κ3) is 5.12. The van der Waals surface area contributed by atoms with Gasteiger partial charge in [0.25, 0.3) is 0 Å². The number of carbonyl (C=O) groups excluding carboxylic acids is 2. The molecule has 1 saturated heterocycles. The minimum absolute atomic E-state index is 0.0323. The molecule has 0 aromatic rings. The zero-order valence-electron chi connectivity index (χ0n) is 13.3. The number of carbonyl (C=O) groups is 2. The molecule has 1 fully saturated rings. The van der Waals surface area contributed by atoms with Gasteiger partial charge in [-0.1, -0.05) is 13.3 Å². The van der Waals surface area contributed by atoms with E-state index in [0.717, 1.165) is 38.8 Å². The van der Waals surface area contributed by atoms with Gasteiger partial charge in [0.1, 0.15) is 0 Å². The SMILES string of the molecule is CCCC1(C(=O)NCC(=O)NC(C)(C)C)CCNCC1. The topological polar surface area (TPSA) is 70.2 Å². The summed E-state index contributed by atoms with van der Waals surface area (Å²) in [6.45, 7) is 9.70. The van der Waals surface area contributed by atoms with E-state index in [0.29, 0.717) is 0 Å². The highest BCUT2D eigenvalue weighted by Gasteiger charge is 2.38. The second-order valence-electron chi connectivity index (χ2n) is 6.76. The van der Waals surface area contributed by atoms with E-state index in [1.165, 1.54) is 0 Å². The number of nitrogens with one attached hydrogen (secondary N) is 3. The quantitative estimate of drug-likeness (QED) is 0.710. The molecule has 1 rings (SSSR count). The fraction of sp³-hybridized carbons (Fsp3) is 0.867. The number of amides is 2. The largest absolute Gasteiger partial charge is 0.350 e. The summed E-state index contributed by atoms with van der Waals surface area (Å²) in [7, 11) is 0. The van der Waals surface area contributed by atoms with E-state index in [9.17, 15) is 9.59 Å². The third-order valence-electron chi connectivity index (χ3n) is 3.69. The number of hydrogen-bond donors (Lipinski definition) is 3. The summed E-state index contributed by atoms with van der Waals surface area (Å²) < 4.78 is 0. The Kier molecular flexibility index (Phi) is 5.99. The molecule has 0 aromatic heterocycles. The Morgan fingerprint density at radius 1 is 1.20 bits per heavy atom. The van der Waals surface area contributed by atoms with Crippen molar-refractivity contribution in [2.24, 2.45) is 5.41 Å². The van der Waals surface area contributed by atoms with E-state index in [4.69, 9.17) is 0 Å². The van der Waals surface area contributed by atoms with Crippen molar-refractivity contribution >= 4 is 11.8 Å². The van der Waals surface area contributed by atoms with Gasteiger partial charge in [-0.2, -0.15) is 0 Å². The third-order valence-corrected chi connectivity index (χ3v) is 3.69. The lowest BCUT2D eigenvalue weighted by atomic mass is 9.74. The lowest BCUT2D eigenvalue weighted by Crippen LogP contribution is -2.51. The summed E-state index contributed by atoms with van der Waals surface area (Å²) in [5.74, 6) is -0.101. The molecule has 0 unspecified atom stereocenters. The van der Waals surface area contributed by atoms with Crippen molar-refractivity contribution in [3.8, 4) is 0 Å². The van der Waals surface area contributed by atoms with Gasteiger partial charge in [-0.05, 0) is 53.1 Å². The fourth-order valence-electron chi connectivity index (χ4n) is 2.78. The van der Waals surface area contributed by atoms with Gasteiger partial charge in [0.05, 0.1) is 12.0 Å². The van der Waals surface area contributed by atoms with E-state index < -0.39 is 0 Å². The molecule has 0 aromatic carbocycles. The average Bonchev–Trinajstić information content (AvgIpc) is 2.35. The first-order chi connectivity index (χ1) is 9.29. The zero-order chi connectivity index (χ0) is 15.2. The van der Waals surface area contributed by atoms with Crippen LogP contribution in [-0.2, 0) is 9.59 Å². The van der Waals surface area contributed by atoms with Crippen LogP contribution in [0.4, 0.5) is 0 Å². The molecule has 5 heteroatoms. The van der Waals surface area contributed by atoms with E-state index in [-0.39, 0.29) is 29.3 Å². The lowest BCUT2D eigenvalue weighted by molar-refractivity contribution is -0.135. The van der Waals surface area contributed by atoms with Gasteiger partial charge in [-0.25, -0.2) is 0 Å². The predicted octanol–water partition coefficient (Wildman–Crippen LogP) is 1.19. The normalized spacial score (nSPS) is 18.4. The molecule has 0 bridgehead atoms. The van der Waals surface area contributed by atoms with Gasteiger partial charge in [0.15, 0.2) is 0 Å². The molecule has 20 heavy (non-hydrogen) atoms. The Morgan fingerprint density at radius 3 is 2.30 bits per heavy atom. The second-order valence-corrected chi connectivity index (χ2v) is 6.76. The number of hydrogen-bond acceptors (Lipinski definition) is 3. The summed E-state index contributed by atoms with van der Waals surface area (Å²) >= 11 is 0. The maximum atomic E-state index is 12.5. The van der Waals surface area contributed by atoms with Crippen LogP contribution < -0.4 is 16.0 Å². The molecule has 0 aliphatic carbocycles. The Labute approximate surface area is 122 Å². The first-order valence-electron chi connectivity index (χ1n) is 7.59. The molecule has 0 atom stereocenters. The van der Waals surface area contributed by atoms with E-state index in [1.807, 2.05) is 20.8 Å². The van der Waals surface area contributed by atoms with E-state index in [1.54, 1.807) is 0 Å². The molecule has 1 aliphatic heterocycles. The van der Waals surface area contributed by atoms with Gasteiger partial charge < -0.3 is 16.0 Å². The van der Waals surface area contributed by atoms with Crippen molar-refractivity contribution in [1.82, 2.24) is 16.0 Å². The van der Waals surface area contributed by atoms with Gasteiger partial charge in [0.2, 0.25) is 11.8 Å². The van der Waals surface area contributed by atoms with Crippen LogP contribution in [0.25, 0.3) is 0 Å². The molecule has 0 saturated carbocycles. The van der Waals surface area contributed by atoms with Crippen molar-refractivity contribution < 1.29 is 9.59 Å². The molecule has 1 aliphatic rings. The van der Waals surface area contributed by atoms with E-state index in [2.05, 4.69) is 22.9 Å². The minimum atomic E-state index is -0.290. The fourth-order valence-corrected chi connectivity index (χ4v) is 2.78. The van der Waals surface area contributed by atoms with Crippen molar-refractivity contribution in [2.45, 2.75) is 58.9 Å². The summed E-state index contributed by atoms with van der Waals surface area (Å²) in [4.78, 5) is 24.2. The second kappa shape index (κ2) is 7.07. The molecule has 5 nitrogen and oxygen atoms in total. The summed E-state index contributed by atoms with van der Waals surface area (Å²) in [6.07, 6.45) is 3.59. The molecule has 2 amide bonds. The van der Waals surface area contributed by atoms with Gasteiger partial charge in [-0.3, -0.25) is 9.59 Å². The molecule has 1 heterocycles. The van der Waals surface area contributed by atoms with Crippen LogP contribution in [0, 0.1) is 5.41 Å². The summed E-state index contributed by atoms with van der Waals surface area (Å²) in [5, 5.41) is 8.97. The van der Waals surface area contributed by atoms with Crippen molar-refractivity contribution in [3.05, 3.63) is 0 Å². The Morgan fingerprint density at radius 2 is 1.80 bits per heavy atom. The standard InChI is InChI=1S/C15H29N3O2/c1-5-6-15(7-9-16-10-8-15)13(20)17-11-12(19)18-14(2,3)4/h16H,5-11H2,1-4H3,(H,17,20)(H,18,19). The Hall–Kier alpha value is -1.10. The van der Waals surface area contributed by atoms with E-state index >= 15 is 0 Å². The van der Waals surface area contributed by atoms with Crippen molar-refractivity contribution in [2.75, 3.05) is 19.6 Å². The van der Waals surface area contributed by atoms with Gasteiger partial charge in [0, 0.05) is 5.54 Å². The molecule has 3 N–H and O–H groups in total. The predicted molar refractivity (Wildman–Crippen MR) is 80.4 cm³/mol. The molecule has 0 spiro atoms.